The number of carbonyl (C=O) groups excluding carboxylic acids is 1. The first-order chi connectivity index (χ1) is 12.9. The maximum absolute atomic E-state index is 12.4. The van der Waals surface area contributed by atoms with Crippen LogP contribution in [0.2, 0.25) is 0 Å². The van der Waals surface area contributed by atoms with E-state index in [1.807, 2.05) is 0 Å². The van der Waals surface area contributed by atoms with Crippen molar-refractivity contribution in [3.05, 3.63) is 70.7 Å². The lowest BCUT2D eigenvalue weighted by Crippen LogP contribution is -2.32. The maximum atomic E-state index is 12.4. The number of carbonyl (C=O) groups is 1. The molecule has 3 rings (SSSR count). The lowest BCUT2D eigenvalue weighted by Gasteiger charge is -2.09. The molecule has 3 aromatic rings. The minimum absolute atomic E-state index is 0.0140. The van der Waals surface area contributed by atoms with E-state index in [-0.39, 0.29) is 29.3 Å². The Morgan fingerprint density at radius 2 is 2.00 bits per heavy atom. The van der Waals surface area contributed by atoms with Gasteiger partial charge in [0.1, 0.15) is 5.69 Å². The molecular formula is C18H17N3O5S. The zero-order valence-electron chi connectivity index (χ0n) is 14.5. The summed E-state index contributed by atoms with van der Waals surface area (Å²) in [5.41, 5.74) is 0.418. The Morgan fingerprint density at radius 1 is 1.19 bits per heavy atom. The number of furan rings is 1. The molecule has 1 N–H and O–H groups in total. The van der Waals surface area contributed by atoms with E-state index in [1.54, 1.807) is 18.2 Å². The number of sulfonamides is 1. The van der Waals surface area contributed by atoms with E-state index in [2.05, 4.69) is 9.82 Å². The van der Waals surface area contributed by atoms with Gasteiger partial charge in [-0.2, -0.15) is 5.10 Å². The van der Waals surface area contributed by atoms with E-state index in [9.17, 15) is 18.0 Å². The molecule has 0 spiro atoms. The molecule has 0 aliphatic carbocycles. The largest absolute Gasteiger partial charge is 0.463 e. The van der Waals surface area contributed by atoms with Gasteiger partial charge in [0, 0.05) is 18.2 Å². The fourth-order valence-corrected chi connectivity index (χ4v) is 3.48. The summed E-state index contributed by atoms with van der Waals surface area (Å²) in [7, 11) is -3.82. The van der Waals surface area contributed by atoms with Crippen molar-refractivity contribution < 1.29 is 17.6 Å². The highest BCUT2D eigenvalue weighted by molar-refractivity contribution is 7.89. The van der Waals surface area contributed by atoms with Crippen LogP contribution in [0.1, 0.15) is 17.3 Å². The summed E-state index contributed by atoms with van der Waals surface area (Å²) in [6, 6.07) is 12.1. The normalized spacial score (nSPS) is 11.4. The second-order valence-electron chi connectivity index (χ2n) is 5.74. The third-order valence-corrected chi connectivity index (χ3v) is 5.27. The number of benzene rings is 1. The molecule has 140 valence electrons. The molecule has 0 aliphatic heterocycles. The summed E-state index contributed by atoms with van der Waals surface area (Å²) in [6.45, 7) is 1.36. The molecule has 27 heavy (non-hydrogen) atoms. The summed E-state index contributed by atoms with van der Waals surface area (Å²) in [6.07, 6.45) is 1.50. The van der Waals surface area contributed by atoms with Crippen LogP contribution in [0.4, 0.5) is 0 Å². The molecule has 0 fully saturated rings. The van der Waals surface area contributed by atoms with Crippen molar-refractivity contribution in [2.45, 2.75) is 18.4 Å². The highest BCUT2D eigenvalue weighted by Crippen LogP contribution is 2.15. The fraction of sp³-hybridized carbons (Fsp3) is 0.167. The van der Waals surface area contributed by atoms with E-state index >= 15 is 0 Å². The number of nitrogens with zero attached hydrogens (tertiary/aromatic N) is 2. The van der Waals surface area contributed by atoms with Crippen LogP contribution in [0.5, 0.6) is 0 Å². The molecule has 0 amide bonds. The molecule has 0 aliphatic rings. The number of ketones is 1. The van der Waals surface area contributed by atoms with Gasteiger partial charge in [0.15, 0.2) is 11.5 Å². The zero-order valence-corrected chi connectivity index (χ0v) is 15.3. The monoisotopic (exact) mass is 387 g/mol. The first-order valence-corrected chi connectivity index (χ1v) is 9.58. The molecule has 0 unspecified atom stereocenters. The Labute approximate surface area is 155 Å². The third kappa shape index (κ3) is 4.39. The van der Waals surface area contributed by atoms with Crippen LogP contribution in [0.3, 0.4) is 0 Å². The number of rotatable bonds is 7. The summed E-state index contributed by atoms with van der Waals surface area (Å²) in [4.78, 5) is 23.3. The van der Waals surface area contributed by atoms with E-state index in [0.29, 0.717) is 17.0 Å². The van der Waals surface area contributed by atoms with Crippen molar-refractivity contribution >= 4 is 15.8 Å². The molecule has 2 aromatic heterocycles. The summed E-state index contributed by atoms with van der Waals surface area (Å²) >= 11 is 0. The predicted molar refractivity (Wildman–Crippen MR) is 97.8 cm³/mol. The molecule has 2 heterocycles. The van der Waals surface area contributed by atoms with E-state index in [4.69, 9.17) is 4.42 Å². The van der Waals surface area contributed by atoms with E-state index in [1.165, 1.54) is 43.5 Å². The average Bonchev–Trinajstić information content (AvgIpc) is 3.18. The predicted octanol–water partition coefficient (Wildman–Crippen LogP) is 1.68. The van der Waals surface area contributed by atoms with Gasteiger partial charge in [-0.1, -0.05) is 12.1 Å². The maximum Gasteiger partial charge on any atom is 0.266 e. The first-order valence-electron chi connectivity index (χ1n) is 8.09. The molecule has 0 saturated carbocycles. The second kappa shape index (κ2) is 7.68. The van der Waals surface area contributed by atoms with Crippen LogP contribution in [0, 0.1) is 0 Å². The van der Waals surface area contributed by atoms with Gasteiger partial charge in [0.25, 0.3) is 5.56 Å². The average molecular weight is 387 g/mol. The Kier molecular flexibility index (Phi) is 5.33. The molecule has 0 saturated heterocycles. The zero-order chi connectivity index (χ0) is 19.4. The van der Waals surface area contributed by atoms with E-state index in [0.717, 1.165) is 4.68 Å². The quantitative estimate of drug-likeness (QED) is 0.618. The van der Waals surface area contributed by atoms with Crippen molar-refractivity contribution in [2.24, 2.45) is 0 Å². The molecule has 0 radical (unpaired) electrons. The number of hydrogen-bond donors (Lipinski definition) is 1. The number of aromatic nitrogens is 2. The molecule has 0 atom stereocenters. The first kappa shape index (κ1) is 18.7. The van der Waals surface area contributed by atoms with Crippen LogP contribution in [0.25, 0.3) is 11.5 Å². The van der Waals surface area contributed by atoms with Gasteiger partial charge in [-0.15, -0.1) is 0 Å². The number of hydrogen-bond acceptors (Lipinski definition) is 6. The van der Waals surface area contributed by atoms with Gasteiger partial charge in [-0.25, -0.2) is 17.8 Å². The minimum atomic E-state index is -3.82. The van der Waals surface area contributed by atoms with Crippen LogP contribution in [0.15, 0.2) is 68.9 Å². The Morgan fingerprint density at radius 3 is 2.70 bits per heavy atom. The van der Waals surface area contributed by atoms with Crippen LogP contribution >= 0.6 is 0 Å². The summed E-state index contributed by atoms with van der Waals surface area (Å²) in [5, 5.41) is 4.18. The van der Waals surface area contributed by atoms with Gasteiger partial charge in [0.05, 0.1) is 17.7 Å². The standard InChI is InChI=1S/C18H17N3O5S/c1-13(22)14-4-2-5-15(12-14)27(24,25)19-9-10-21-18(23)8-7-16(20-21)17-6-3-11-26-17/h2-8,11-12,19H,9-10H2,1H3. The number of Topliss-reactive ketones (excluding diaryl/α,β-unsaturated/α-hetero) is 1. The lowest BCUT2D eigenvalue weighted by molar-refractivity contribution is 0.101. The minimum Gasteiger partial charge on any atom is -0.463 e. The van der Waals surface area contributed by atoms with Crippen LogP contribution in [-0.2, 0) is 16.6 Å². The highest BCUT2D eigenvalue weighted by Gasteiger charge is 2.15. The highest BCUT2D eigenvalue weighted by atomic mass is 32.2. The third-order valence-electron chi connectivity index (χ3n) is 3.81. The fourth-order valence-electron chi connectivity index (χ4n) is 2.42. The van der Waals surface area contributed by atoms with Crippen molar-refractivity contribution in [3.8, 4) is 11.5 Å². The molecule has 8 nitrogen and oxygen atoms in total. The Bertz CT molecular complexity index is 1120. The summed E-state index contributed by atoms with van der Waals surface area (Å²) < 4.78 is 33.6. The topological polar surface area (TPSA) is 111 Å². The van der Waals surface area contributed by atoms with Crippen LogP contribution < -0.4 is 10.3 Å². The van der Waals surface area contributed by atoms with Crippen molar-refractivity contribution in [1.82, 2.24) is 14.5 Å². The molecule has 1 aromatic carbocycles. The van der Waals surface area contributed by atoms with Crippen molar-refractivity contribution in [1.29, 1.82) is 0 Å². The Hall–Kier alpha value is -3.04. The Balaban J connectivity index is 1.72. The van der Waals surface area contributed by atoms with Gasteiger partial charge in [-0.3, -0.25) is 9.59 Å². The van der Waals surface area contributed by atoms with Gasteiger partial charge in [-0.05, 0) is 37.3 Å². The van der Waals surface area contributed by atoms with E-state index < -0.39 is 10.0 Å². The smallest absolute Gasteiger partial charge is 0.266 e. The van der Waals surface area contributed by atoms with Crippen molar-refractivity contribution in [3.63, 3.8) is 0 Å². The second-order valence-corrected chi connectivity index (χ2v) is 7.51. The number of nitrogens with one attached hydrogen (secondary N) is 1. The molecular weight excluding hydrogens is 370 g/mol. The summed E-state index contributed by atoms with van der Waals surface area (Å²) in [5.74, 6) is 0.280. The molecule has 9 heteroatoms. The van der Waals surface area contributed by atoms with Crippen LogP contribution in [-0.4, -0.2) is 30.5 Å². The SMILES string of the molecule is CC(=O)c1cccc(S(=O)(=O)NCCn2nc(-c3ccco3)ccc2=O)c1. The van der Waals surface area contributed by atoms with Gasteiger partial charge < -0.3 is 4.42 Å². The van der Waals surface area contributed by atoms with Crippen molar-refractivity contribution in [2.75, 3.05) is 6.54 Å². The van der Waals surface area contributed by atoms with Gasteiger partial charge in [0.2, 0.25) is 10.0 Å². The lowest BCUT2D eigenvalue weighted by atomic mass is 10.2. The molecule has 0 bridgehead atoms. The van der Waals surface area contributed by atoms with Gasteiger partial charge >= 0.3 is 0 Å².